The van der Waals surface area contributed by atoms with E-state index in [1.807, 2.05) is 0 Å². The summed E-state index contributed by atoms with van der Waals surface area (Å²) in [7, 11) is 2.17. The molecule has 4 nitrogen and oxygen atoms in total. The van der Waals surface area contributed by atoms with Crippen molar-refractivity contribution < 1.29 is 4.79 Å². The van der Waals surface area contributed by atoms with Crippen LogP contribution >= 0.6 is 0 Å². The summed E-state index contributed by atoms with van der Waals surface area (Å²) in [6.07, 6.45) is 4.67. The summed E-state index contributed by atoms with van der Waals surface area (Å²) in [5.74, 6) is 0.867. The summed E-state index contributed by atoms with van der Waals surface area (Å²) in [6.45, 7) is 8.02. The van der Waals surface area contributed by atoms with Crippen LogP contribution in [0.1, 0.15) is 39.5 Å². The van der Waals surface area contributed by atoms with Crippen molar-refractivity contribution in [3.8, 4) is 0 Å². The molecule has 1 atom stereocenters. The Bertz CT molecular complexity index is 237. The third-order valence-electron chi connectivity index (χ3n) is 3.69. The van der Waals surface area contributed by atoms with Gasteiger partial charge in [-0.2, -0.15) is 0 Å². The molecule has 0 aliphatic carbocycles. The standard InChI is InChI=1S/C14H29N3O/c1-4-5-12(2)16-14(18)11-15-10-13-6-8-17(3)9-7-13/h12-13,15H,4-11H2,1-3H3,(H,16,18). The Morgan fingerprint density at radius 2 is 2.06 bits per heavy atom. The van der Waals surface area contributed by atoms with Gasteiger partial charge in [0.25, 0.3) is 0 Å². The maximum Gasteiger partial charge on any atom is 0.234 e. The van der Waals surface area contributed by atoms with Gasteiger partial charge in [0.15, 0.2) is 0 Å². The molecule has 0 aromatic heterocycles. The van der Waals surface area contributed by atoms with Gasteiger partial charge >= 0.3 is 0 Å². The first kappa shape index (κ1) is 15.4. The molecular weight excluding hydrogens is 226 g/mol. The molecule has 0 aromatic rings. The molecule has 0 bridgehead atoms. The number of hydrogen-bond acceptors (Lipinski definition) is 3. The van der Waals surface area contributed by atoms with Gasteiger partial charge in [0, 0.05) is 6.04 Å². The zero-order valence-corrected chi connectivity index (χ0v) is 12.2. The smallest absolute Gasteiger partial charge is 0.234 e. The summed E-state index contributed by atoms with van der Waals surface area (Å²) in [6, 6.07) is 0.299. The molecular formula is C14H29N3O. The van der Waals surface area contributed by atoms with Gasteiger partial charge in [0.1, 0.15) is 0 Å². The predicted molar refractivity (Wildman–Crippen MR) is 75.6 cm³/mol. The van der Waals surface area contributed by atoms with Crippen LogP contribution in [0.2, 0.25) is 0 Å². The Balaban J connectivity index is 2.04. The molecule has 1 unspecified atom stereocenters. The molecule has 1 saturated heterocycles. The van der Waals surface area contributed by atoms with Crippen LogP contribution < -0.4 is 10.6 Å². The summed E-state index contributed by atoms with van der Waals surface area (Å²) >= 11 is 0. The molecule has 1 fully saturated rings. The lowest BCUT2D eigenvalue weighted by Crippen LogP contribution is -2.41. The van der Waals surface area contributed by atoms with E-state index in [2.05, 4.69) is 36.4 Å². The summed E-state index contributed by atoms with van der Waals surface area (Å²) in [5.41, 5.74) is 0. The summed E-state index contributed by atoms with van der Waals surface area (Å²) in [5, 5.41) is 6.30. The van der Waals surface area contributed by atoms with Crippen LogP contribution in [-0.4, -0.2) is 50.1 Å². The van der Waals surface area contributed by atoms with Crippen molar-refractivity contribution in [1.82, 2.24) is 15.5 Å². The van der Waals surface area contributed by atoms with E-state index in [1.165, 1.54) is 25.9 Å². The number of carbonyl (C=O) groups excluding carboxylic acids is 1. The molecule has 4 heteroatoms. The van der Waals surface area contributed by atoms with Crippen molar-refractivity contribution in [2.24, 2.45) is 5.92 Å². The lowest BCUT2D eigenvalue weighted by atomic mass is 9.97. The maximum absolute atomic E-state index is 11.6. The van der Waals surface area contributed by atoms with Crippen molar-refractivity contribution >= 4 is 5.91 Å². The van der Waals surface area contributed by atoms with Crippen molar-refractivity contribution in [3.63, 3.8) is 0 Å². The fourth-order valence-corrected chi connectivity index (χ4v) is 2.49. The zero-order valence-electron chi connectivity index (χ0n) is 12.2. The largest absolute Gasteiger partial charge is 0.353 e. The minimum absolute atomic E-state index is 0.129. The van der Waals surface area contributed by atoms with Gasteiger partial charge in [-0.15, -0.1) is 0 Å². The Morgan fingerprint density at radius 1 is 1.39 bits per heavy atom. The Hall–Kier alpha value is -0.610. The SMILES string of the molecule is CCCC(C)NC(=O)CNCC1CCN(C)CC1. The second-order valence-electron chi connectivity index (χ2n) is 5.63. The molecule has 0 spiro atoms. The topological polar surface area (TPSA) is 44.4 Å². The van der Waals surface area contributed by atoms with Crippen LogP contribution in [0.15, 0.2) is 0 Å². The molecule has 0 radical (unpaired) electrons. The highest BCUT2D eigenvalue weighted by Crippen LogP contribution is 2.14. The highest BCUT2D eigenvalue weighted by molar-refractivity contribution is 5.78. The number of amides is 1. The van der Waals surface area contributed by atoms with Gasteiger partial charge in [0.2, 0.25) is 5.91 Å². The van der Waals surface area contributed by atoms with Crippen LogP contribution in [0.5, 0.6) is 0 Å². The summed E-state index contributed by atoms with van der Waals surface area (Å²) < 4.78 is 0. The molecule has 1 amide bonds. The molecule has 18 heavy (non-hydrogen) atoms. The van der Waals surface area contributed by atoms with Crippen molar-refractivity contribution in [3.05, 3.63) is 0 Å². The van der Waals surface area contributed by atoms with Crippen LogP contribution in [0, 0.1) is 5.92 Å². The van der Waals surface area contributed by atoms with Gasteiger partial charge in [-0.1, -0.05) is 13.3 Å². The first-order valence-corrected chi connectivity index (χ1v) is 7.30. The van der Waals surface area contributed by atoms with Gasteiger partial charge in [0.05, 0.1) is 6.54 Å². The monoisotopic (exact) mass is 255 g/mol. The van der Waals surface area contributed by atoms with Crippen molar-refractivity contribution in [2.45, 2.75) is 45.6 Å². The fraction of sp³-hybridized carbons (Fsp3) is 0.929. The number of carbonyl (C=O) groups is 1. The fourth-order valence-electron chi connectivity index (χ4n) is 2.49. The second-order valence-corrected chi connectivity index (χ2v) is 5.63. The average Bonchev–Trinajstić information content (AvgIpc) is 2.32. The number of hydrogen-bond donors (Lipinski definition) is 2. The van der Waals surface area contributed by atoms with E-state index in [-0.39, 0.29) is 5.91 Å². The van der Waals surface area contributed by atoms with E-state index in [1.54, 1.807) is 0 Å². The van der Waals surface area contributed by atoms with E-state index < -0.39 is 0 Å². The number of nitrogens with zero attached hydrogens (tertiary/aromatic N) is 1. The first-order chi connectivity index (χ1) is 8.61. The summed E-state index contributed by atoms with van der Waals surface area (Å²) in [4.78, 5) is 14.0. The van der Waals surface area contributed by atoms with Crippen LogP contribution in [0.4, 0.5) is 0 Å². The average molecular weight is 255 g/mol. The quantitative estimate of drug-likeness (QED) is 0.719. The van der Waals surface area contributed by atoms with Crippen molar-refractivity contribution in [1.29, 1.82) is 0 Å². The van der Waals surface area contributed by atoms with E-state index in [4.69, 9.17) is 0 Å². The first-order valence-electron chi connectivity index (χ1n) is 7.30. The van der Waals surface area contributed by atoms with E-state index >= 15 is 0 Å². The van der Waals surface area contributed by atoms with Crippen LogP contribution in [0.3, 0.4) is 0 Å². The molecule has 0 saturated carbocycles. The Kier molecular flexibility index (Phi) is 7.28. The van der Waals surface area contributed by atoms with Crippen molar-refractivity contribution in [2.75, 3.05) is 33.2 Å². The lowest BCUT2D eigenvalue weighted by Gasteiger charge is -2.29. The highest BCUT2D eigenvalue weighted by Gasteiger charge is 2.16. The third kappa shape index (κ3) is 6.36. The van der Waals surface area contributed by atoms with E-state index in [9.17, 15) is 4.79 Å². The third-order valence-corrected chi connectivity index (χ3v) is 3.69. The van der Waals surface area contributed by atoms with E-state index in [0.29, 0.717) is 12.6 Å². The molecule has 1 aliphatic heterocycles. The molecule has 2 N–H and O–H groups in total. The van der Waals surface area contributed by atoms with Gasteiger partial charge in [-0.05, 0) is 58.8 Å². The minimum atomic E-state index is 0.129. The van der Waals surface area contributed by atoms with Crippen LogP contribution in [-0.2, 0) is 4.79 Å². The van der Waals surface area contributed by atoms with Crippen LogP contribution in [0.25, 0.3) is 0 Å². The van der Waals surface area contributed by atoms with Gasteiger partial charge in [-0.3, -0.25) is 4.79 Å². The Morgan fingerprint density at radius 3 is 2.67 bits per heavy atom. The minimum Gasteiger partial charge on any atom is -0.353 e. The zero-order chi connectivity index (χ0) is 13.4. The predicted octanol–water partition coefficient (Wildman–Crippen LogP) is 1.22. The number of piperidine rings is 1. The number of likely N-dealkylation sites (tertiary alicyclic amines) is 1. The lowest BCUT2D eigenvalue weighted by molar-refractivity contribution is -0.120. The van der Waals surface area contributed by atoms with E-state index in [0.717, 1.165) is 25.3 Å². The number of nitrogens with one attached hydrogen (secondary N) is 2. The molecule has 1 rings (SSSR count). The second kappa shape index (κ2) is 8.48. The molecule has 0 aromatic carbocycles. The van der Waals surface area contributed by atoms with Gasteiger partial charge < -0.3 is 15.5 Å². The van der Waals surface area contributed by atoms with Gasteiger partial charge in [-0.25, -0.2) is 0 Å². The Labute approximate surface area is 111 Å². The normalized spacial score (nSPS) is 19.7. The molecule has 1 heterocycles. The number of rotatable bonds is 7. The molecule has 1 aliphatic rings. The highest BCUT2D eigenvalue weighted by atomic mass is 16.1. The maximum atomic E-state index is 11.6. The molecule has 106 valence electrons.